The summed E-state index contributed by atoms with van der Waals surface area (Å²) in [5, 5.41) is 63.6. The molecule has 52 heavy (non-hydrogen) atoms. The molecule has 2 heterocycles. The number of aliphatic hydroxyl groups excluding tert-OH is 5. The van der Waals surface area contributed by atoms with Crippen LogP contribution >= 0.6 is 0 Å². The predicted octanol–water partition coefficient (Wildman–Crippen LogP) is 4.55. The smallest absolute Gasteiger partial charge is 0.310 e. The van der Waals surface area contributed by atoms with Gasteiger partial charge >= 0.3 is 5.97 Å². The summed E-state index contributed by atoms with van der Waals surface area (Å²) in [6.45, 7) is 18.1. The molecule has 0 aromatic carbocycles. The lowest BCUT2D eigenvalue weighted by molar-refractivity contribution is -0.364. The summed E-state index contributed by atoms with van der Waals surface area (Å²) in [5.74, 6) is 0.219. The van der Waals surface area contributed by atoms with E-state index in [0.29, 0.717) is 11.8 Å². The van der Waals surface area contributed by atoms with Gasteiger partial charge in [0.15, 0.2) is 12.6 Å². The minimum Gasteiger partial charge on any atom is -0.481 e. The zero-order chi connectivity index (χ0) is 38.0. The summed E-state index contributed by atoms with van der Waals surface area (Å²) in [6.07, 6.45) is -0.253. The molecule has 11 heteroatoms. The monoisotopic (exact) mass is 734 g/mol. The molecule has 2 saturated heterocycles. The number of hydrogen-bond donors (Lipinski definition) is 6. The SMILES string of the molecule is C[C@@H]1O[C@@H](O[C@H]2[C@H](O[C@H]3CC[C@@]4(C)[C@H]5CC=C6[C@H]7CC(C)(C)CC[C@]7(C(=O)O)CC[C@]6(C)[C@@]5(C)CC[C@H]4C3(C)C)OC[C@H](O)[C@@H]2O)[C@H](O)[C@@H](O)[C@H]1O. The van der Waals surface area contributed by atoms with E-state index in [1.54, 1.807) is 6.92 Å². The maximum absolute atomic E-state index is 13.0. The van der Waals surface area contributed by atoms with Gasteiger partial charge in [0, 0.05) is 0 Å². The third-order valence-electron chi connectivity index (χ3n) is 16.8. The van der Waals surface area contributed by atoms with E-state index in [4.69, 9.17) is 18.9 Å². The van der Waals surface area contributed by atoms with Crippen LogP contribution in [0.4, 0.5) is 0 Å². The number of carboxylic acid groups (broad SMARTS) is 1. The van der Waals surface area contributed by atoms with Crippen molar-refractivity contribution < 1.29 is 54.4 Å². The average Bonchev–Trinajstić information content (AvgIpc) is 3.06. The van der Waals surface area contributed by atoms with Crippen LogP contribution in [-0.2, 0) is 23.7 Å². The number of allylic oxidation sites excluding steroid dienone is 2. The van der Waals surface area contributed by atoms with Crippen molar-refractivity contribution >= 4 is 5.97 Å². The summed E-state index contributed by atoms with van der Waals surface area (Å²) < 4.78 is 24.5. The van der Waals surface area contributed by atoms with E-state index in [2.05, 4.69) is 54.5 Å². The average molecular weight is 735 g/mol. The minimum absolute atomic E-state index is 0.0146. The quantitative estimate of drug-likeness (QED) is 0.173. The number of hydrogen-bond acceptors (Lipinski definition) is 10. The Balaban J connectivity index is 1.13. The van der Waals surface area contributed by atoms with Gasteiger partial charge in [0.25, 0.3) is 0 Å². The normalized spacial score (nSPS) is 54.1. The standard InChI is InChI=1S/C41H66O11/c1-21-28(43)30(45)31(46)33(50-21)52-32-29(44)24(42)20-49-34(32)51-27-12-13-38(6)25(37(27,4)5)11-14-40(8)26(38)10-9-22-23-19-36(2,3)15-17-41(23,35(47)48)18-16-39(22,40)7/h9,21,23-34,42-46H,10-20H2,1-8H3,(H,47,48)/t21-,23+,24-,25-,26+,27-,28-,29-,30-,31+,32+,33-,34-,38+,39-,40-,41-/m0/s1. The highest BCUT2D eigenvalue weighted by molar-refractivity contribution is 5.76. The van der Waals surface area contributed by atoms with E-state index < -0.39 is 66.7 Å². The molecule has 0 bridgehead atoms. The highest BCUT2D eigenvalue weighted by atomic mass is 16.8. The molecule has 0 radical (unpaired) electrons. The molecule has 11 nitrogen and oxygen atoms in total. The van der Waals surface area contributed by atoms with Crippen LogP contribution in [0, 0.1) is 50.2 Å². The minimum atomic E-state index is -1.58. The Kier molecular flexibility index (Phi) is 9.74. The Morgan fingerprint density at radius 2 is 1.48 bits per heavy atom. The molecule has 5 aliphatic carbocycles. The molecule has 296 valence electrons. The number of ether oxygens (including phenoxy) is 4. The molecule has 2 aliphatic heterocycles. The van der Waals surface area contributed by atoms with Crippen molar-refractivity contribution in [1.82, 2.24) is 0 Å². The summed E-state index contributed by atoms with van der Waals surface area (Å²) in [6, 6.07) is 0. The molecule has 4 saturated carbocycles. The van der Waals surface area contributed by atoms with Crippen LogP contribution in [0.3, 0.4) is 0 Å². The van der Waals surface area contributed by atoms with Crippen LogP contribution < -0.4 is 0 Å². The van der Waals surface area contributed by atoms with Crippen LogP contribution in [0.15, 0.2) is 11.6 Å². The fourth-order valence-corrected chi connectivity index (χ4v) is 13.3. The number of aliphatic carboxylic acids is 1. The van der Waals surface area contributed by atoms with Gasteiger partial charge in [0.05, 0.1) is 24.2 Å². The first-order chi connectivity index (χ1) is 24.1. The van der Waals surface area contributed by atoms with Gasteiger partial charge in [-0.05, 0) is 116 Å². The summed E-state index contributed by atoms with van der Waals surface area (Å²) in [4.78, 5) is 13.0. The molecule has 7 rings (SSSR count). The lowest BCUT2D eigenvalue weighted by Gasteiger charge is -2.71. The number of carbonyl (C=O) groups is 1. The molecular weight excluding hydrogens is 668 g/mol. The van der Waals surface area contributed by atoms with Crippen molar-refractivity contribution in [1.29, 1.82) is 0 Å². The fourth-order valence-electron chi connectivity index (χ4n) is 13.3. The molecule has 0 aromatic heterocycles. The van der Waals surface area contributed by atoms with Gasteiger partial charge in [0.1, 0.15) is 36.6 Å². The second-order valence-electron chi connectivity index (χ2n) is 20.2. The van der Waals surface area contributed by atoms with Gasteiger partial charge in [0.2, 0.25) is 0 Å². The molecule has 6 fully saturated rings. The van der Waals surface area contributed by atoms with Crippen LogP contribution in [0.2, 0.25) is 0 Å². The second-order valence-corrected chi connectivity index (χ2v) is 20.2. The maximum Gasteiger partial charge on any atom is 0.310 e. The van der Waals surface area contributed by atoms with E-state index in [1.165, 1.54) is 5.57 Å². The van der Waals surface area contributed by atoms with Gasteiger partial charge in [-0.1, -0.05) is 60.1 Å². The van der Waals surface area contributed by atoms with Crippen molar-refractivity contribution in [2.45, 2.75) is 181 Å². The van der Waals surface area contributed by atoms with Crippen molar-refractivity contribution in [2.24, 2.45) is 50.2 Å². The Labute approximate surface area is 309 Å². The van der Waals surface area contributed by atoms with E-state index in [-0.39, 0.29) is 45.7 Å². The summed E-state index contributed by atoms with van der Waals surface area (Å²) in [5.41, 5.74) is 0.579. The second kappa shape index (κ2) is 12.9. The van der Waals surface area contributed by atoms with Crippen molar-refractivity contribution in [3.63, 3.8) is 0 Å². The Hall–Kier alpha value is -1.15. The van der Waals surface area contributed by atoms with E-state index in [0.717, 1.165) is 64.2 Å². The van der Waals surface area contributed by atoms with Gasteiger partial charge < -0.3 is 49.6 Å². The van der Waals surface area contributed by atoms with Gasteiger partial charge in [-0.25, -0.2) is 0 Å². The van der Waals surface area contributed by atoms with E-state index >= 15 is 0 Å². The molecule has 7 aliphatic rings. The zero-order valence-corrected chi connectivity index (χ0v) is 32.6. The first-order valence-corrected chi connectivity index (χ1v) is 20.1. The largest absolute Gasteiger partial charge is 0.481 e. The maximum atomic E-state index is 13.0. The molecular formula is C41H66O11. The molecule has 0 unspecified atom stereocenters. The van der Waals surface area contributed by atoms with Gasteiger partial charge in [-0.3, -0.25) is 4.79 Å². The summed E-state index contributed by atoms with van der Waals surface area (Å²) in [7, 11) is 0. The molecule has 17 atom stereocenters. The Morgan fingerprint density at radius 3 is 2.17 bits per heavy atom. The zero-order valence-electron chi connectivity index (χ0n) is 32.6. The van der Waals surface area contributed by atoms with Crippen LogP contribution in [0.5, 0.6) is 0 Å². The number of rotatable bonds is 5. The lowest BCUT2D eigenvalue weighted by atomic mass is 9.33. The van der Waals surface area contributed by atoms with Gasteiger partial charge in [-0.15, -0.1) is 0 Å². The number of aliphatic hydroxyl groups is 5. The van der Waals surface area contributed by atoms with E-state index in [9.17, 15) is 35.4 Å². The highest BCUT2D eigenvalue weighted by Gasteiger charge is 2.69. The van der Waals surface area contributed by atoms with Crippen LogP contribution in [-0.4, -0.2) is 105 Å². The van der Waals surface area contributed by atoms with Crippen molar-refractivity contribution in [3.05, 3.63) is 11.6 Å². The first kappa shape index (κ1) is 39.1. The number of carboxylic acids is 1. The third-order valence-corrected chi connectivity index (χ3v) is 16.8. The van der Waals surface area contributed by atoms with Gasteiger partial charge in [-0.2, -0.15) is 0 Å². The van der Waals surface area contributed by atoms with Crippen LogP contribution in [0.25, 0.3) is 0 Å². The third kappa shape index (κ3) is 5.64. The van der Waals surface area contributed by atoms with Crippen LogP contribution in [0.1, 0.15) is 120 Å². The molecule has 6 N–H and O–H groups in total. The predicted molar refractivity (Wildman–Crippen MR) is 191 cm³/mol. The lowest BCUT2D eigenvalue weighted by Crippen LogP contribution is -2.66. The molecule has 0 amide bonds. The Bertz CT molecular complexity index is 1410. The van der Waals surface area contributed by atoms with Crippen molar-refractivity contribution in [2.75, 3.05) is 6.61 Å². The summed E-state index contributed by atoms with van der Waals surface area (Å²) >= 11 is 0. The van der Waals surface area contributed by atoms with E-state index in [1.807, 2.05) is 0 Å². The first-order valence-electron chi connectivity index (χ1n) is 20.1. The topological polar surface area (TPSA) is 175 Å². The van der Waals surface area contributed by atoms with Crippen molar-refractivity contribution in [3.8, 4) is 0 Å². The number of fused-ring (bicyclic) bond motifs is 7. The highest BCUT2D eigenvalue weighted by Crippen LogP contribution is 2.76. The fraction of sp³-hybridized carbons (Fsp3) is 0.927. The molecule has 0 spiro atoms. The Morgan fingerprint density at radius 1 is 0.788 bits per heavy atom. The molecule has 0 aromatic rings.